The maximum atomic E-state index is 9.62. The van der Waals surface area contributed by atoms with Crippen molar-refractivity contribution >= 4 is 12.5 Å². The summed E-state index contributed by atoms with van der Waals surface area (Å²) in [6, 6.07) is 0. The lowest BCUT2D eigenvalue weighted by Crippen LogP contribution is -2.10. The molecule has 0 aromatic heterocycles. The maximum absolute atomic E-state index is 9.62. The van der Waals surface area contributed by atoms with E-state index in [1.54, 1.807) is 0 Å². The summed E-state index contributed by atoms with van der Waals surface area (Å²) >= 11 is 0. The van der Waals surface area contributed by atoms with Crippen LogP contribution in [-0.4, -0.2) is 38.2 Å². The highest BCUT2D eigenvalue weighted by atomic mass is 16.1. The lowest BCUT2D eigenvalue weighted by Gasteiger charge is -2.01. The van der Waals surface area contributed by atoms with Crippen molar-refractivity contribution in [2.75, 3.05) is 20.8 Å². The lowest BCUT2D eigenvalue weighted by atomic mass is 10.8. The van der Waals surface area contributed by atoms with Gasteiger partial charge in [0, 0.05) is 0 Å². The molecule has 46 valence electrons. The van der Waals surface area contributed by atoms with Crippen LogP contribution in [0.3, 0.4) is 0 Å². The summed E-state index contributed by atoms with van der Waals surface area (Å²) in [5.41, 5.74) is 0. The van der Waals surface area contributed by atoms with E-state index in [4.69, 9.17) is 0 Å². The van der Waals surface area contributed by atoms with E-state index in [1.165, 1.54) is 6.21 Å². The van der Waals surface area contributed by atoms with E-state index in [-0.39, 0.29) is 0 Å². The van der Waals surface area contributed by atoms with Gasteiger partial charge in [0.25, 0.3) is 0 Å². The first kappa shape index (κ1) is 7.30. The van der Waals surface area contributed by atoms with E-state index in [1.807, 2.05) is 19.0 Å². The second-order valence-electron chi connectivity index (χ2n) is 1.69. The molecule has 3 nitrogen and oxygen atoms in total. The molecular formula is C5H10N2O. The van der Waals surface area contributed by atoms with Gasteiger partial charge in [-0.05, 0) is 14.1 Å². The Bertz CT molecular complexity index is 88.4. The molecule has 0 rings (SSSR count). The van der Waals surface area contributed by atoms with Gasteiger partial charge in [-0.2, -0.15) is 0 Å². The lowest BCUT2D eigenvalue weighted by molar-refractivity contribution is -0.102. The Balaban J connectivity index is 3.15. The fourth-order valence-corrected chi connectivity index (χ4v) is 0.253. The Kier molecular flexibility index (Phi) is 4.07. The van der Waals surface area contributed by atoms with Crippen LogP contribution in [0, 0.1) is 0 Å². The summed E-state index contributed by atoms with van der Waals surface area (Å²) in [5.74, 6) is 0. The third-order valence-electron chi connectivity index (χ3n) is 0.531. The van der Waals surface area contributed by atoms with Crippen LogP contribution in [-0.2, 0) is 4.79 Å². The molecule has 0 unspecified atom stereocenters. The summed E-state index contributed by atoms with van der Waals surface area (Å²) in [6.45, 7) is 0.582. The van der Waals surface area contributed by atoms with Crippen LogP contribution in [0.15, 0.2) is 4.99 Å². The molecule has 0 bridgehead atoms. The predicted octanol–water partition coefficient (Wildman–Crippen LogP) is -0.225. The molecule has 0 aromatic carbocycles. The highest BCUT2D eigenvalue weighted by molar-refractivity contribution is 6.12. The summed E-state index contributed by atoms with van der Waals surface area (Å²) in [5, 5.41) is 0. The van der Waals surface area contributed by atoms with Crippen LogP contribution < -0.4 is 0 Å². The molecule has 0 saturated heterocycles. The molecule has 0 heterocycles. The third kappa shape index (κ3) is 5.30. The van der Waals surface area contributed by atoms with Crippen LogP contribution in [0.2, 0.25) is 0 Å². The normalized spacial score (nSPS) is 10.9. The second kappa shape index (κ2) is 4.46. The van der Waals surface area contributed by atoms with Crippen molar-refractivity contribution in [3.63, 3.8) is 0 Å². The van der Waals surface area contributed by atoms with Crippen LogP contribution in [0.4, 0.5) is 0 Å². The number of nitrogens with zero attached hydrogens (tertiary/aromatic N) is 2. The Hall–Kier alpha value is -0.700. The Morgan fingerprint density at radius 1 is 1.62 bits per heavy atom. The van der Waals surface area contributed by atoms with Gasteiger partial charge in [-0.25, -0.2) is 0 Å². The van der Waals surface area contributed by atoms with E-state index in [2.05, 4.69) is 4.99 Å². The third-order valence-corrected chi connectivity index (χ3v) is 0.531. The average Bonchev–Trinajstić information content (AvgIpc) is 1.66. The zero-order valence-corrected chi connectivity index (χ0v) is 5.16. The minimum atomic E-state index is 0.582. The first-order valence-electron chi connectivity index (χ1n) is 2.35. The average molecular weight is 114 g/mol. The zero-order chi connectivity index (χ0) is 6.41. The minimum absolute atomic E-state index is 0.582. The van der Waals surface area contributed by atoms with Crippen molar-refractivity contribution in [2.24, 2.45) is 4.99 Å². The Morgan fingerprint density at radius 3 is 2.62 bits per heavy atom. The highest BCUT2D eigenvalue weighted by Gasteiger charge is 1.78. The summed E-state index contributed by atoms with van der Waals surface area (Å²) in [7, 11) is 3.78. The highest BCUT2D eigenvalue weighted by Crippen LogP contribution is 1.70. The minimum Gasteiger partial charge on any atom is -0.297 e. The molecule has 0 aromatic rings. The van der Waals surface area contributed by atoms with Gasteiger partial charge in [-0.15, -0.1) is 0 Å². The largest absolute Gasteiger partial charge is 0.297 e. The van der Waals surface area contributed by atoms with E-state index in [0.29, 0.717) is 13.0 Å². The zero-order valence-electron chi connectivity index (χ0n) is 5.16. The van der Waals surface area contributed by atoms with E-state index in [9.17, 15) is 4.79 Å². The number of carbonyl (C=O) groups excluding carboxylic acids is 1. The van der Waals surface area contributed by atoms with Crippen molar-refractivity contribution in [1.82, 2.24) is 4.90 Å². The number of hydrogen-bond acceptors (Lipinski definition) is 3. The monoisotopic (exact) mass is 114 g/mol. The number of hydrogen-bond donors (Lipinski definition) is 0. The SMILES string of the molecule is CN(C)C/N=C\C=O. The molecule has 8 heavy (non-hydrogen) atoms. The molecule has 0 N–H and O–H groups in total. The van der Waals surface area contributed by atoms with Crippen LogP contribution in [0.5, 0.6) is 0 Å². The number of aldehydes is 1. The summed E-state index contributed by atoms with van der Waals surface area (Å²) < 4.78 is 0. The predicted molar refractivity (Wildman–Crippen MR) is 33.1 cm³/mol. The van der Waals surface area contributed by atoms with Crippen molar-refractivity contribution in [3.8, 4) is 0 Å². The van der Waals surface area contributed by atoms with Gasteiger partial charge in [0.15, 0.2) is 6.29 Å². The van der Waals surface area contributed by atoms with Gasteiger partial charge >= 0.3 is 0 Å². The number of carbonyl (C=O) groups is 1. The molecule has 0 aliphatic heterocycles. The smallest absolute Gasteiger partial charge is 0.160 e. The fourth-order valence-electron chi connectivity index (χ4n) is 0.253. The van der Waals surface area contributed by atoms with Crippen molar-refractivity contribution < 1.29 is 4.79 Å². The van der Waals surface area contributed by atoms with E-state index in [0.717, 1.165) is 0 Å². The van der Waals surface area contributed by atoms with Crippen LogP contribution in [0.25, 0.3) is 0 Å². The molecule has 0 saturated carbocycles. The molecule has 3 heteroatoms. The first-order chi connectivity index (χ1) is 3.77. The van der Waals surface area contributed by atoms with Crippen molar-refractivity contribution in [3.05, 3.63) is 0 Å². The topological polar surface area (TPSA) is 32.7 Å². The fraction of sp³-hybridized carbons (Fsp3) is 0.600. The Labute approximate surface area is 49.0 Å². The molecule has 0 aliphatic rings. The molecule has 0 aliphatic carbocycles. The molecule has 0 atom stereocenters. The van der Waals surface area contributed by atoms with Gasteiger partial charge in [0.2, 0.25) is 0 Å². The van der Waals surface area contributed by atoms with Crippen LogP contribution in [0.1, 0.15) is 0 Å². The standard InChI is InChI=1S/C5H10N2O/c1-7(2)5-6-3-4-8/h3-4H,5H2,1-2H3/b6-3-. The van der Waals surface area contributed by atoms with Crippen molar-refractivity contribution in [1.29, 1.82) is 0 Å². The maximum Gasteiger partial charge on any atom is 0.160 e. The molecule has 0 fully saturated rings. The Morgan fingerprint density at radius 2 is 2.25 bits per heavy atom. The van der Waals surface area contributed by atoms with Gasteiger partial charge in [0.05, 0.1) is 12.9 Å². The second-order valence-corrected chi connectivity index (χ2v) is 1.69. The van der Waals surface area contributed by atoms with Crippen molar-refractivity contribution in [2.45, 2.75) is 0 Å². The van der Waals surface area contributed by atoms with Gasteiger partial charge < -0.3 is 0 Å². The van der Waals surface area contributed by atoms with Crippen LogP contribution >= 0.6 is 0 Å². The molecule has 0 radical (unpaired) electrons. The van der Waals surface area contributed by atoms with Gasteiger partial charge in [-0.3, -0.25) is 14.7 Å². The summed E-state index contributed by atoms with van der Waals surface area (Å²) in [6.07, 6.45) is 1.92. The number of rotatable bonds is 3. The molecular weight excluding hydrogens is 104 g/mol. The molecule has 0 amide bonds. The van der Waals surface area contributed by atoms with E-state index < -0.39 is 0 Å². The first-order valence-corrected chi connectivity index (χ1v) is 2.35. The number of aliphatic imine (C=N–C) groups is 1. The van der Waals surface area contributed by atoms with E-state index >= 15 is 0 Å². The van der Waals surface area contributed by atoms with Gasteiger partial charge in [-0.1, -0.05) is 0 Å². The van der Waals surface area contributed by atoms with Gasteiger partial charge in [0.1, 0.15) is 0 Å². The quantitative estimate of drug-likeness (QED) is 0.375. The molecule has 0 spiro atoms. The summed E-state index contributed by atoms with van der Waals surface area (Å²) in [4.78, 5) is 15.2.